The minimum atomic E-state index is -0.618. The van der Waals surface area contributed by atoms with Crippen LogP contribution in [0, 0.1) is 0 Å². The van der Waals surface area contributed by atoms with Gasteiger partial charge < -0.3 is 16.0 Å². The molecule has 0 unspecified atom stereocenters. The monoisotopic (exact) mass is 292 g/mol. The Hall–Kier alpha value is -2.57. The average molecular weight is 292 g/mol. The molecule has 0 radical (unpaired) electrons. The van der Waals surface area contributed by atoms with Crippen LogP contribution in [0.15, 0.2) is 24.3 Å². The van der Waals surface area contributed by atoms with Crippen LogP contribution >= 0.6 is 0 Å². The third-order valence-electron chi connectivity index (χ3n) is 2.70. The number of anilines is 1. The van der Waals surface area contributed by atoms with Gasteiger partial charge in [-0.1, -0.05) is 6.07 Å². The third-order valence-corrected chi connectivity index (χ3v) is 2.70. The fraction of sp³-hybridized carbons (Fsp3) is 0.357. The Kier molecular flexibility index (Phi) is 6.19. The van der Waals surface area contributed by atoms with Gasteiger partial charge in [0.1, 0.15) is 6.04 Å². The number of hydrogen-bond acceptors (Lipinski definition) is 4. The number of nitrogens with one attached hydrogen (secondary N) is 4. The van der Waals surface area contributed by atoms with Crippen molar-refractivity contribution < 1.29 is 14.4 Å². The van der Waals surface area contributed by atoms with Crippen LogP contribution in [0.5, 0.6) is 0 Å². The number of rotatable bonds is 5. The summed E-state index contributed by atoms with van der Waals surface area (Å²) in [5.74, 6) is -0.663. The lowest BCUT2D eigenvalue weighted by Crippen LogP contribution is -2.45. The van der Waals surface area contributed by atoms with E-state index in [-0.39, 0.29) is 5.91 Å². The van der Waals surface area contributed by atoms with E-state index in [9.17, 15) is 14.4 Å². The Morgan fingerprint density at radius 3 is 2.57 bits per heavy atom. The maximum atomic E-state index is 11.8. The van der Waals surface area contributed by atoms with Gasteiger partial charge in [-0.25, -0.2) is 4.79 Å². The van der Waals surface area contributed by atoms with Crippen molar-refractivity contribution in [3.63, 3.8) is 0 Å². The highest BCUT2D eigenvalue weighted by Gasteiger charge is 2.15. The first-order valence-electron chi connectivity index (χ1n) is 6.65. The molecule has 0 bridgehead atoms. The summed E-state index contributed by atoms with van der Waals surface area (Å²) in [5, 5.41) is 10.2. The van der Waals surface area contributed by atoms with E-state index in [1.54, 1.807) is 45.2 Å². The molecule has 1 aromatic carbocycles. The van der Waals surface area contributed by atoms with Gasteiger partial charge in [0.15, 0.2) is 0 Å². The largest absolute Gasteiger partial charge is 0.374 e. The average Bonchev–Trinajstić information content (AvgIpc) is 2.46. The first-order chi connectivity index (χ1) is 9.97. The second-order valence-corrected chi connectivity index (χ2v) is 4.37. The van der Waals surface area contributed by atoms with Gasteiger partial charge in [0.2, 0.25) is 5.91 Å². The van der Waals surface area contributed by atoms with Gasteiger partial charge in [-0.15, -0.1) is 0 Å². The summed E-state index contributed by atoms with van der Waals surface area (Å²) < 4.78 is 0. The van der Waals surface area contributed by atoms with Crippen molar-refractivity contribution >= 4 is 23.5 Å². The smallest absolute Gasteiger partial charge is 0.321 e. The van der Waals surface area contributed by atoms with Crippen molar-refractivity contribution in [2.75, 3.05) is 18.9 Å². The molecule has 114 valence electrons. The van der Waals surface area contributed by atoms with E-state index in [0.717, 1.165) is 0 Å². The van der Waals surface area contributed by atoms with Crippen LogP contribution in [0.4, 0.5) is 10.5 Å². The molecule has 0 spiro atoms. The van der Waals surface area contributed by atoms with E-state index in [4.69, 9.17) is 0 Å². The predicted molar refractivity (Wildman–Crippen MR) is 80.1 cm³/mol. The lowest BCUT2D eigenvalue weighted by atomic mass is 10.1. The van der Waals surface area contributed by atoms with Crippen molar-refractivity contribution in [3.8, 4) is 0 Å². The molecule has 1 atom stereocenters. The first kappa shape index (κ1) is 16.5. The zero-order valence-electron chi connectivity index (χ0n) is 12.3. The van der Waals surface area contributed by atoms with E-state index >= 15 is 0 Å². The van der Waals surface area contributed by atoms with Crippen molar-refractivity contribution in [1.82, 2.24) is 16.0 Å². The number of benzene rings is 1. The molecule has 0 saturated carbocycles. The van der Waals surface area contributed by atoms with E-state index in [0.29, 0.717) is 17.8 Å². The highest BCUT2D eigenvalue weighted by Crippen LogP contribution is 2.11. The number of carbonyl (C=O) groups is 3. The van der Waals surface area contributed by atoms with Crippen LogP contribution in [-0.4, -0.2) is 37.5 Å². The zero-order chi connectivity index (χ0) is 15.8. The number of hydrogen-bond donors (Lipinski definition) is 4. The van der Waals surface area contributed by atoms with Crippen molar-refractivity contribution in [2.45, 2.75) is 19.9 Å². The molecule has 4 amide bonds. The Bertz CT molecular complexity index is 531. The van der Waals surface area contributed by atoms with Crippen molar-refractivity contribution in [2.24, 2.45) is 0 Å². The van der Waals surface area contributed by atoms with Gasteiger partial charge in [-0.2, -0.15) is 0 Å². The normalized spacial score (nSPS) is 11.2. The predicted octanol–water partition coefficient (Wildman–Crippen LogP) is 0.692. The van der Waals surface area contributed by atoms with E-state index in [2.05, 4.69) is 21.3 Å². The molecule has 1 aromatic rings. The second kappa shape index (κ2) is 7.88. The summed E-state index contributed by atoms with van der Waals surface area (Å²) in [6.07, 6.45) is 0. The van der Waals surface area contributed by atoms with Gasteiger partial charge in [-0.3, -0.25) is 14.9 Å². The lowest BCUT2D eigenvalue weighted by molar-refractivity contribution is -0.120. The van der Waals surface area contributed by atoms with Crippen LogP contribution in [-0.2, 0) is 4.79 Å². The van der Waals surface area contributed by atoms with E-state index in [1.165, 1.54) is 0 Å². The minimum absolute atomic E-state index is 0.210. The quantitative estimate of drug-likeness (QED) is 0.641. The molecule has 1 rings (SSSR count). The first-order valence-corrected chi connectivity index (χ1v) is 6.65. The summed E-state index contributed by atoms with van der Waals surface area (Å²) >= 11 is 0. The van der Waals surface area contributed by atoms with Gasteiger partial charge >= 0.3 is 6.03 Å². The van der Waals surface area contributed by atoms with E-state index < -0.39 is 18.0 Å². The third kappa shape index (κ3) is 5.13. The SMILES string of the molecule is CCNC(=O)NC(=O)[C@@H](C)Nc1cccc(C(=O)NC)c1. The molecule has 7 nitrogen and oxygen atoms in total. The van der Waals surface area contributed by atoms with Crippen LogP contribution in [0.1, 0.15) is 24.2 Å². The van der Waals surface area contributed by atoms with Crippen LogP contribution in [0.25, 0.3) is 0 Å². The molecule has 0 aliphatic carbocycles. The fourth-order valence-corrected chi connectivity index (χ4v) is 1.64. The molecule has 0 heterocycles. The maximum absolute atomic E-state index is 11.8. The summed E-state index contributed by atoms with van der Waals surface area (Å²) in [6, 6.07) is 5.60. The molecule has 0 aromatic heterocycles. The topological polar surface area (TPSA) is 99.3 Å². The molecule has 21 heavy (non-hydrogen) atoms. The lowest BCUT2D eigenvalue weighted by Gasteiger charge is -2.15. The Balaban J connectivity index is 2.66. The molecule has 7 heteroatoms. The van der Waals surface area contributed by atoms with Crippen LogP contribution in [0.2, 0.25) is 0 Å². The van der Waals surface area contributed by atoms with Gasteiger partial charge in [0.25, 0.3) is 5.91 Å². The Labute approximate surface area is 123 Å². The number of urea groups is 1. The van der Waals surface area contributed by atoms with E-state index in [1.807, 2.05) is 0 Å². The molecule has 0 aliphatic heterocycles. The highest BCUT2D eigenvalue weighted by molar-refractivity contribution is 5.98. The molecule has 0 saturated heterocycles. The van der Waals surface area contributed by atoms with Crippen molar-refractivity contribution in [1.29, 1.82) is 0 Å². The summed E-state index contributed by atoms with van der Waals surface area (Å²) in [5.41, 5.74) is 1.11. The number of carbonyl (C=O) groups excluding carboxylic acids is 3. The molecule has 0 aliphatic rings. The molecule has 4 N–H and O–H groups in total. The minimum Gasteiger partial charge on any atom is -0.374 e. The Morgan fingerprint density at radius 2 is 1.95 bits per heavy atom. The van der Waals surface area contributed by atoms with Gasteiger partial charge in [0.05, 0.1) is 0 Å². The second-order valence-electron chi connectivity index (χ2n) is 4.37. The summed E-state index contributed by atoms with van der Waals surface area (Å²) in [7, 11) is 1.55. The van der Waals surface area contributed by atoms with Gasteiger partial charge in [0, 0.05) is 24.8 Å². The van der Waals surface area contributed by atoms with Crippen LogP contribution in [0.3, 0.4) is 0 Å². The summed E-state index contributed by atoms with van der Waals surface area (Å²) in [4.78, 5) is 34.6. The highest BCUT2D eigenvalue weighted by atomic mass is 16.2. The number of amides is 4. The van der Waals surface area contributed by atoms with Crippen molar-refractivity contribution in [3.05, 3.63) is 29.8 Å². The maximum Gasteiger partial charge on any atom is 0.321 e. The molecular weight excluding hydrogens is 272 g/mol. The molecule has 0 fully saturated rings. The Morgan fingerprint density at radius 1 is 1.24 bits per heavy atom. The fourth-order valence-electron chi connectivity index (χ4n) is 1.64. The van der Waals surface area contributed by atoms with Crippen LogP contribution < -0.4 is 21.3 Å². The molecular formula is C14H20N4O3. The number of imide groups is 1. The summed E-state index contributed by atoms with van der Waals surface area (Å²) in [6.45, 7) is 3.83. The van der Waals surface area contributed by atoms with Gasteiger partial charge in [-0.05, 0) is 32.0 Å². The standard InChI is InChI=1S/C14H20N4O3/c1-4-16-14(21)18-12(19)9(2)17-11-7-5-6-10(8-11)13(20)15-3/h5-9,17H,4H2,1-3H3,(H,15,20)(H2,16,18,19,21)/t9-/m1/s1. The zero-order valence-corrected chi connectivity index (χ0v) is 12.3.